The molecule has 0 aliphatic heterocycles. The Hall–Kier alpha value is -0.970. The zero-order chi connectivity index (χ0) is 13.7. The Labute approximate surface area is 116 Å². The van der Waals surface area contributed by atoms with Gasteiger partial charge in [-0.1, -0.05) is 29.3 Å². The molecule has 1 rings (SSSR count). The van der Waals surface area contributed by atoms with E-state index in [2.05, 4.69) is 10.6 Å². The van der Waals surface area contributed by atoms with Gasteiger partial charge in [0.2, 0.25) is 0 Å². The van der Waals surface area contributed by atoms with Crippen LogP contribution in [0.2, 0.25) is 10.0 Å². The zero-order valence-electron chi connectivity index (χ0n) is 10.2. The lowest BCUT2D eigenvalue weighted by atomic mass is 10.1. The summed E-state index contributed by atoms with van der Waals surface area (Å²) in [5.74, 6) is 0. The van der Waals surface area contributed by atoms with Gasteiger partial charge in [0, 0.05) is 10.0 Å². The Morgan fingerprint density at radius 1 is 1.33 bits per heavy atom. The standard InChI is InChI=1S/C12H16Cl2N2O2/c1-7(6-17)15-12(18)16-8(2)10-4-3-9(13)5-11(10)14/h3-5,7-8,17H,6H2,1-2H3,(H2,15,16,18)/t7-,8?/m0/s1. The number of nitrogens with one attached hydrogen (secondary N) is 2. The van der Waals surface area contributed by atoms with E-state index in [1.807, 2.05) is 6.92 Å². The van der Waals surface area contributed by atoms with Crippen molar-refractivity contribution < 1.29 is 9.90 Å². The van der Waals surface area contributed by atoms with Crippen molar-refractivity contribution in [3.63, 3.8) is 0 Å². The molecule has 100 valence electrons. The molecule has 0 aromatic heterocycles. The predicted octanol–water partition coefficient (Wildman–Crippen LogP) is 2.73. The molecule has 4 nitrogen and oxygen atoms in total. The van der Waals surface area contributed by atoms with Crippen LogP contribution in [-0.2, 0) is 0 Å². The van der Waals surface area contributed by atoms with E-state index in [4.69, 9.17) is 28.3 Å². The van der Waals surface area contributed by atoms with Crippen LogP contribution in [-0.4, -0.2) is 23.8 Å². The highest BCUT2D eigenvalue weighted by molar-refractivity contribution is 6.35. The third-order valence-electron chi connectivity index (χ3n) is 2.43. The number of aliphatic hydroxyl groups excluding tert-OH is 1. The normalized spacial score (nSPS) is 13.8. The van der Waals surface area contributed by atoms with Gasteiger partial charge in [-0.25, -0.2) is 4.79 Å². The van der Waals surface area contributed by atoms with E-state index in [-0.39, 0.29) is 24.7 Å². The van der Waals surface area contributed by atoms with E-state index in [9.17, 15) is 4.79 Å². The number of halogens is 2. The third-order valence-corrected chi connectivity index (χ3v) is 2.99. The molecule has 6 heteroatoms. The summed E-state index contributed by atoms with van der Waals surface area (Å²) in [5.41, 5.74) is 0.785. The lowest BCUT2D eigenvalue weighted by Gasteiger charge is -2.18. The van der Waals surface area contributed by atoms with Gasteiger partial charge >= 0.3 is 6.03 Å². The average molecular weight is 291 g/mol. The fraction of sp³-hybridized carbons (Fsp3) is 0.417. The number of urea groups is 1. The second-order valence-corrected chi connectivity index (χ2v) is 4.93. The molecule has 18 heavy (non-hydrogen) atoms. The van der Waals surface area contributed by atoms with Gasteiger partial charge in [-0.3, -0.25) is 0 Å². The Morgan fingerprint density at radius 3 is 2.56 bits per heavy atom. The molecule has 1 aromatic carbocycles. The van der Waals surface area contributed by atoms with Crippen LogP contribution in [0.1, 0.15) is 25.5 Å². The topological polar surface area (TPSA) is 61.4 Å². The van der Waals surface area contributed by atoms with Crippen molar-refractivity contribution in [2.75, 3.05) is 6.61 Å². The molecule has 0 fully saturated rings. The first-order chi connectivity index (χ1) is 8.43. The van der Waals surface area contributed by atoms with Crippen LogP contribution >= 0.6 is 23.2 Å². The van der Waals surface area contributed by atoms with Gasteiger partial charge in [-0.15, -0.1) is 0 Å². The Morgan fingerprint density at radius 2 is 2.00 bits per heavy atom. The minimum Gasteiger partial charge on any atom is -0.394 e. The monoisotopic (exact) mass is 290 g/mol. The van der Waals surface area contributed by atoms with Gasteiger partial charge in [-0.05, 0) is 31.5 Å². The lowest BCUT2D eigenvalue weighted by Crippen LogP contribution is -2.43. The third kappa shape index (κ3) is 4.37. The van der Waals surface area contributed by atoms with Crippen molar-refractivity contribution in [2.24, 2.45) is 0 Å². The van der Waals surface area contributed by atoms with Crippen LogP contribution in [0, 0.1) is 0 Å². The zero-order valence-corrected chi connectivity index (χ0v) is 11.7. The summed E-state index contributed by atoms with van der Waals surface area (Å²) in [7, 11) is 0. The number of amides is 2. The highest BCUT2D eigenvalue weighted by atomic mass is 35.5. The number of hydrogen-bond donors (Lipinski definition) is 3. The molecule has 1 unspecified atom stereocenters. The molecule has 0 aliphatic rings. The minimum atomic E-state index is -0.352. The van der Waals surface area contributed by atoms with Crippen molar-refractivity contribution in [3.8, 4) is 0 Å². The van der Waals surface area contributed by atoms with Gasteiger partial charge in [-0.2, -0.15) is 0 Å². The number of hydrogen-bond acceptors (Lipinski definition) is 2. The highest BCUT2D eigenvalue weighted by Crippen LogP contribution is 2.25. The van der Waals surface area contributed by atoms with Crippen LogP contribution in [0.4, 0.5) is 4.79 Å². The first-order valence-electron chi connectivity index (χ1n) is 5.57. The molecule has 0 heterocycles. The van der Waals surface area contributed by atoms with Gasteiger partial charge in [0.1, 0.15) is 0 Å². The summed E-state index contributed by atoms with van der Waals surface area (Å²) in [6.45, 7) is 3.42. The van der Waals surface area contributed by atoms with Crippen molar-refractivity contribution in [3.05, 3.63) is 33.8 Å². The predicted molar refractivity (Wildman–Crippen MR) is 73.1 cm³/mol. The SMILES string of the molecule is CC(NC(=O)N[C@@H](C)CO)c1ccc(Cl)cc1Cl. The minimum absolute atomic E-state index is 0.108. The Bertz CT molecular complexity index is 427. The van der Waals surface area contributed by atoms with Crippen molar-refractivity contribution in [1.29, 1.82) is 0 Å². The van der Waals surface area contributed by atoms with E-state index < -0.39 is 0 Å². The molecule has 2 atom stereocenters. The maximum atomic E-state index is 11.6. The largest absolute Gasteiger partial charge is 0.394 e. The van der Waals surface area contributed by atoms with Crippen LogP contribution < -0.4 is 10.6 Å². The first kappa shape index (κ1) is 15.1. The summed E-state index contributed by atoms with van der Waals surface area (Å²) in [4.78, 5) is 11.6. The smallest absolute Gasteiger partial charge is 0.315 e. The summed E-state index contributed by atoms with van der Waals surface area (Å²) in [6.07, 6.45) is 0. The van der Waals surface area contributed by atoms with E-state index in [1.165, 1.54) is 0 Å². The Balaban J connectivity index is 2.64. The Kier molecular flexibility index (Phi) is 5.72. The second-order valence-electron chi connectivity index (χ2n) is 4.09. The molecule has 0 bridgehead atoms. The van der Waals surface area contributed by atoms with E-state index in [0.29, 0.717) is 10.0 Å². The van der Waals surface area contributed by atoms with E-state index in [0.717, 1.165) is 5.56 Å². The maximum absolute atomic E-state index is 11.6. The highest BCUT2D eigenvalue weighted by Gasteiger charge is 2.13. The maximum Gasteiger partial charge on any atom is 0.315 e. The number of rotatable bonds is 4. The van der Waals surface area contributed by atoms with Crippen LogP contribution in [0.15, 0.2) is 18.2 Å². The molecule has 0 radical (unpaired) electrons. The molecule has 0 aliphatic carbocycles. The van der Waals surface area contributed by atoms with Crippen molar-refractivity contribution >= 4 is 29.2 Å². The molecular weight excluding hydrogens is 275 g/mol. The summed E-state index contributed by atoms with van der Waals surface area (Å²) in [6, 6.07) is 4.22. The molecule has 0 saturated carbocycles. The number of carbonyl (C=O) groups is 1. The summed E-state index contributed by atoms with van der Waals surface area (Å²) >= 11 is 11.8. The number of aliphatic hydroxyl groups is 1. The van der Waals surface area contributed by atoms with Gasteiger partial charge < -0.3 is 15.7 Å². The summed E-state index contributed by atoms with van der Waals surface area (Å²) < 4.78 is 0. The van der Waals surface area contributed by atoms with Gasteiger partial charge in [0.25, 0.3) is 0 Å². The fourth-order valence-corrected chi connectivity index (χ4v) is 2.01. The van der Waals surface area contributed by atoms with Crippen LogP contribution in [0.5, 0.6) is 0 Å². The lowest BCUT2D eigenvalue weighted by molar-refractivity contribution is 0.218. The van der Waals surface area contributed by atoms with Gasteiger partial charge in [0.15, 0.2) is 0 Å². The molecule has 0 spiro atoms. The van der Waals surface area contributed by atoms with Crippen molar-refractivity contribution in [1.82, 2.24) is 10.6 Å². The molecular formula is C12H16Cl2N2O2. The van der Waals surface area contributed by atoms with Crippen LogP contribution in [0.25, 0.3) is 0 Å². The molecule has 3 N–H and O–H groups in total. The van der Waals surface area contributed by atoms with Gasteiger partial charge in [0.05, 0.1) is 18.7 Å². The fourth-order valence-electron chi connectivity index (χ4n) is 1.44. The van der Waals surface area contributed by atoms with E-state index >= 15 is 0 Å². The molecule has 0 saturated heterocycles. The summed E-state index contributed by atoms with van der Waals surface area (Å²) in [5, 5.41) is 15.2. The number of benzene rings is 1. The van der Waals surface area contributed by atoms with Crippen molar-refractivity contribution in [2.45, 2.75) is 25.9 Å². The van der Waals surface area contributed by atoms with E-state index in [1.54, 1.807) is 25.1 Å². The number of carbonyl (C=O) groups excluding carboxylic acids is 1. The second kappa shape index (κ2) is 6.83. The first-order valence-corrected chi connectivity index (χ1v) is 6.32. The quantitative estimate of drug-likeness (QED) is 0.798. The van der Waals surface area contributed by atoms with Crippen LogP contribution in [0.3, 0.4) is 0 Å². The average Bonchev–Trinajstić information content (AvgIpc) is 2.28. The molecule has 1 aromatic rings. The molecule has 2 amide bonds.